The Labute approximate surface area is 232 Å². The third-order valence-electron chi connectivity index (χ3n) is 6.11. The number of carbonyl (C=O) groups is 2. The number of hydrogen-bond donors (Lipinski definition) is 3. The monoisotopic (exact) mass is 543 g/mol. The number of nitrogens with one attached hydrogen (secondary N) is 3. The number of carbonyl (C=O) groups excluding carboxylic acids is 2. The van der Waals surface area contributed by atoms with E-state index in [0.29, 0.717) is 40.1 Å². The van der Waals surface area contributed by atoms with E-state index in [2.05, 4.69) is 28.1 Å². The molecule has 0 aromatic heterocycles. The predicted octanol–water partition coefficient (Wildman–Crippen LogP) is 5.69. The molecule has 3 aromatic carbocycles. The van der Waals surface area contributed by atoms with Crippen molar-refractivity contribution in [2.75, 3.05) is 32.0 Å². The maximum absolute atomic E-state index is 12.8. The molecule has 0 heterocycles. The highest BCUT2D eigenvalue weighted by molar-refractivity contribution is 7.80. The summed E-state index contributed by atoms with van der Waals surface area (Å²) in [5.41, 5.74) is 3.17. The standard InChI is InChI=1S/C30H29N3O5S/c1-36-25-16-22(17-26(37-2)27(25)38-3)29(35)33-30(39)32-24-11-7-10-23(18-24)31-28(34)21-14-12-20(13-15-21)19-8-5-4-6-9-19/h4-8,10-19H,9H2,1-3H3,(H,31,34)(H2,32,33,35,39). The topological polar surface area (TPSA) is 97.9 Å². The van der Waals surface area contributed by atoms with E-state index in [-0.39, 0.29) is 16.6 Å². The molecule has 1 unspecified atom stereocenters. The van der Waals surface area contributed by atoms with Crippen LogP contribution in [-0.4, -0.2) is 38.3 Å². The number of thiocarbonyl (C=S) groups is 1. The smallest absolute Gasteiger partial charge is 0.257 e. The summed E-state index contributed by atoms with van der Waals surface area (Å²) in [5, 5.41) is 8.59. The number of methoxy groups -OCH3 is 3. The van der Waals surface area contributed by atoms with E-state index in [4.69, 9.17) is 26.4 Å². The van der Waals surface area contributed by atoms with Gasteiger partial charge in [-0.15, -0.1) is 0 Å². The van der Waals surface area contributed by atoms with E-state index in [1.54, 1.807) is 24.3 Å². The summed E-state index contributed by atoms with van der Waals surface area (Å²) < 4.78 is 15.9. The van der Waals surface area contributed by atoms with E-state index in [1.807, 2.05) is 36.4 Å². The predicted molar refractivity (Wildman–Crippen MR) is 156 cm³/mol. The molecule has 8 nitrogen and oxygen atoms in total. The molecular formula is C30H29N3O5S. The Balaban J connectivity index is 1.37. The van der Waals surface area contributed by atoms with Crippen LogP contribution in [0.4, 0.5) is 11.4 Å². The Bertz CT molecular complexity index is 1410. The van der Waals surface area contributed by atoms with E-state index in [1.165, 1.54) is 39.0 Å². The van der Waals surface area contributed by atoms with Crippen molar-refractivity contribution in [1.29, 1.82) is 0 Å². The molecule has 3 aromatic rings. The molecule has 200 valence electrons. The first-order chi connectivity index (χ1) is 18.9. The fourth-order valence-corrected chi connectivity index (χ4v) is 4.35. The summed E-state index contributed by atoms with van der Waals surface area (Å²) in [6.45, 7) is 0. The molecule has 1 atom stereocenters. The summed E-state index contributed by atoms with van der Waals surface area (Å²) in [7, 11) is 4.43. The van der Waals surface area contributed by atoms with Crippen LogP contribution in [0.25, 0.3) is 0 Å². The minimum absolute atomic E-state index is 0.0828. The Morgan fingerprint density at radius 1 is 0.795 bits per heavy atom. The summed E-state index contributed by atoms with van der Waals surface area (Å²) >= 11 is 5.33. The first-order valence-corrected chi connectivity index (χ1v) is 12.6. The van der Waals surface area contributed by atoms with Gasteiger partial charge in [0.15, 0.2) is 16.6 Å². The lowest BCUT2D eigenvalue weighted by atomic mass is 9.92. The fraction of sp³-hybridized carbons (Fsp3) is 0.167. The van der Waals surface area contributed by atoms with Gasteiger partial charge in [0.2, 0.25) is 5.75 Å². The first-order valence-electron chi connectivity index (χ1n) is 12.2. The average molecular weight is 544 g/mol. The third kappa shape index (κ3) is 6.82. The van der Waals surface area contributed by atoms with Crippen molar-refractivity contribution >= 4 is 40.5 Å². The molecule has 1 aliphatic rings. The SMILES string of the molecule is COc1cc(C(=O)NC(=S)Nc2cccc(NC(=O)c3ccc(C4C=CC=CC4)cc3)c2)cc(OC)c1OC. The first kappa shape index (κ1) is 27.4. The van der Waals surface area contributed by atoms with E-state index >= 15 is 0 Å². The van der Waals surface area contributed by atoms with Crippen molar-refractivity contribution in [1.82, 2.24) is 5.32 Å². The van der Waals surface area contributed by atoms with Gasteiger partial charge in [0.1, 0.15) is 0 Å². The van der Waals surface area contributed by atoms with Gasteiger partial charge < -0.3 is 24.8 Å². The molecule has 9 heteroatoms. The molecule has 3 N–H and O–H groups in total. The second-order valence-corrected chi connectivity index (χ2v) is 9.04. The van der Waals surface area contributed by atoms with Crippen molar-refractivity contribution < 1.29 is 23.8 Å². The van der Waals surface area contributed by atoms with Gasteiger partial charge in [0, 0.05) is 28.4 Å². The van der Waals surface area contributed by atoms with Crippen molar-refractivity contribution in [2.24, 2.45) is 0 Å². The minimum Gasteiger partial charge on any atom is -0.493 e. The van der Waals surface area contributed by atoms with Gasteiger partial charge in [0.25, 0.3) is 11.8 Å². The Kier molecular flexibility index (Phi) is 8.96. The van der Waals surface area contributed by atoms with Crippen LogP contribution in [0.1, 0.15) is 38.6 Å². The lowest BCUT2D eigenvalue weighted by molar-refractivity contribution is 0.0975. The van der Waals surface area contributed by atoms with Crippen LogP contribution in [0.2, 0.25) is 0 Å². The lowest BCUT2D eigenvalue weighted by Crippen LogP contribution is -2.34. The van der Waals surface area contributed by atoms with Crippen molar-refractivity contribution in [3.63, 3.8) is 0 Å². The van der Waals surface area contributed by atoms with E-state index < -0.39 is 5.91 Å². The van der Waals surface area contributed by atoms with Gasteiger partial charge >= 0.3 is 0 Å². The molecule has 0 aliphatic heterocycles. The number of benzene rings is 3. The average Bonchev–Trinajstić information content (AvgIpc) is 2.96. The highest BCUT2D eigenvalue weighted by Gasteiger charge is 2.18. The van der Waals surface area contributed by atoms with Gasteiger partial charge in [-0.25, -0.2) is 0 Å². The number of amides is 2. The summed E-state index contributed by atoms with van der Waals surface area (Å²) in [6.07, 6.45) is 9.33. The van der Waals surface area contributed by atoms with Crippen molar-refractivity contribution in [2.45, 2.75) is 12.3 Å². The van der Waals surface area contributed by atoms with Gasteiger partial charge in [-0.05, 0) is 66.7 Å². The Morgan fingerprint density at radius 3 is 2.05 bits per heavy atom. The van der Waals surface area contributed by atoms with Gasteiger partial charge in [-0.3, -0.25) is 14.9 Å². The summed E-state index contributed by atoms with van der Waals surface area (Å²) in [4.78, 5) is 25.6. The molecule has 0 saturated carbocycles. The van der Waals surface area contributed by atoms with Crippen LogP contribution in [0, 0.1) is 0 Å². The zero-order valence-electron chi connectivity index (χ0n) is 21.8. The largest absolute Gasteiger partial charge is 0.493 e. The zero-order valence-corrected chi connectivity index (χ0v) is 22.6. The highest BCUT2D eigenvalue weighted by Crippen LogP contribution is 2.38. The van der Waals surface area contributed by atoms with E-state index in [0.717, 1.165) is 6.42 Å². The number of ether oxygens (including phenoxy) is 3. The molecule has 1 aliphatic carbocycles. The zero-order chi connectivity index (χ0) is 27.8. The Morgan fingerprint density at radius 2 is 1.46 bits per heavy atom. The van der Waals surface area contributed by atoms with Crippen LogP contribution in [0.3, 0.4) is 0 Å². The minimum atomic E-state index is -0.459. The second kappa shape index (κ2) is 12.7. The number of hydrogen-bond acceptors (Lipinski definition) is 6. The normalized spacial score (nSPS) is 13.8. The summed E-state index contributed by atoms with van der Waals surface area (Å²) in [5.74, 6) is 0.721. The molecule has 4 rings (SSSR count). The molecule has 0 spiro atoms. The quantitative estimate of drug-likeness (QED) is 0.314. The van der Waals surface area contributed by atoms with Crippen molar-refractivity contribution in [3.05, 3.63) is 102 Å². The van der Waals surface area contributed by atoms with Crippen LogP contribution < -0.4 is 30.2 Å². The molecular weight excluding hydrogens is 514 g/mol. The van der Waals surface area contributed by atoms with Gasteiger partial charge in [-0.2, -0.15) is 0 Å². The Hall–Kier alpha value is -4.63. The molecule has 2 amide bonds. The van der Waals surface area contributed by atoms with Crippen LogP contribution >= 0.6 is 12.2 Å². The van der Waals surface area contributed by atoms with Crippen LogP contribution in [-0.2, 0) is 0 Å². The molecule has 39 heavy (non-hydrogen) atoms. The number of rotatable bonds is 8. The third-order valence-corrected chi connectivity index (χ3v) is 6.32. The molecule has 0 saturated heterocycles. The summed E-state index contributed by atoms with van der Waals surface area (Å²) in [6, 6.07) is 17.7. The maximum Gasteiger partial charge on any atom is 0.257 e. The van der Waals surface area contributed by atoms with Crippen molar-refractivity contribution in [3.8, 4) is 17.2 Å². The van der Waals surface area contributed by atoms with Gasteiger partial charge in [-0.1, -0.05) is 42.5 Å². The maximum atomic E-state index is 12.8. The van der Waals surface area contributed by atoms with Crippen LogP contribution in [0.15, 0.2) is 85.0 Å². The highest BCUT2D eigenvalue weighted by atomic mass is 32.1. The van der Waals surface area contributed by atoms with Gasteiger partial charge in [0.05, 0.1) is 21.3 Å². The second-order valence-electron chi connectivity index (χ2n) is 8.63. The molecule has 0 fully saturated rings. The fourth-order valence-electron chi connectivity index (χ4n) is 4.14. The number of allylic oxidation sites excluding steroid dienone is 4. The van der Waals surface area contributed by atoms with Crippen LogP contribution in [0.5, 0.6) is 17.2 Å². The number of anilines is 2. The van der Waals surface area contributed by atoms with E-state index in [9.17, 15) is 9.59 Å². The lowest BCUT2D eigenvalue weighted by Gasteiger charge is -2.15. The molecule has 0 radical (unpaired) electrons. The molecule has 0 bridgehead atoms.